The molecule has 0 amide bonds. The van der Waals surface area contributed by atoms with Gasteiger partial charge in [0.05, 0.1) is 19.8 Å². The van der Waals surface area contributed by atoms with E-state index in [2.05, 4.69) is 0 Å². The van der Waals surface area contributed by atoms with E-state index in [-0.39, 0.29) is 5.56 Å². The predicted octanol–water partition coefficient (Wildman–Crippen LogP) is 2.67. The monoisotopic (exact) mass is 312 g/mol. The van der Waals surface area contributed by atoms with Crippen LogP contribution in [-0.2, 0) is 0 Å². The second-order valence-corrected chi connectivity index (χ2v) is 4.66. The molecule has 5 heteroatoms. The van der Waals surface area contributed by atoms with Crippen molar-refractivity contribution in [2.45, 2.75) is 0 Å². The number of carbonyl (C=O) groups excluding carboxylic acids is 1. The lowest BCUT2D eigenvalue weighted by Gasteiger charge is -2.07. The standard InChI is InChI=1S/C18H16O5/c1-22-16-10-8-12(11-17(16)23-2)7-9-14(19)13-5-3-4-6-15(20)18(13)21/h3-11H,1-2H3,(H,20,21)/b9-7+. The summed E-state index contributed by atoms with van der Waals surface area (Å²) in [5.41, 5.74) is 0.0766. The topological polar surface area (TPSA) is 72.8 Å². The number of hydrogen-bond donors (Lipinski definition) is 1. The van der Waals surface area contributed by atoms with Gasteiger partial charge in [0.2, 0.25) is 5.43 Å². The molecule has 0 saturated heterocycles. The first-order valence-electron chi connectivity index (χ1n) is 6.83. The predicted molar refractivity (Wildman–Crippen MR) is 87.3 cm³/mol. The highest BCUT2D eigenvalue weighted by Gasteiger charge is 2.09. The van der Waals surface area contributed by atoms with Crippen LogP contribution in [0.15, 0.2) is 53.3 Å². The van der Waals surface area contributed by atoms with Crippen LogP contribution in [0.2, 0.25) is 0 Å². The number of hydrogen-bond acceptors (Lipinski definition) is 5. The summed E-state index contributed by atoms with van der Waals surface area (Å²) in [6.45, 7) is 0. The SMILES string of the molecule is COc1ccc(/C=C/C(=O)c2ccccc(=O)c2O)cc1OC. The molecule has 0 fully saturated rings. The molecule has 0 aliphatic carbocycles. The Balaban J connectivity index is 2.31. The largest absolute Gasteiger partial charge is 0.504 e. The van der Waals surface area contributed by atoms with Crippen molar-refractivity contribution in [1.82, 2.24) is 0 Å². The number of benzene rings is 1. The maximum absolute atomic E-state index is 12.2. The summed E-state index contributed by atoms with van der Waals surface area (Å²) in [5.74, 6) is 0.0974. The zero-order valence-electron chi connectivity index (χ0n) is 12.8. The fraction of sp³-hybridized carbons (Fsp3) is 0.111. The van der Waals surface area contributed by atoms with E-state index in [1.807, 2.05) is 0 Å². The zero-order valence-corrected chi connectivity index (χ0v) is 12.8. The normalized spacial score (nSPS) is 10.5. The van der Waals surface area contributed by atoms with E-state index in [1.54, 1.807) is 24.3 Å². The summed E-state index contributed by atoms with van der Waals surface area (Å²) in [4.78, 5) is 23.7. The maximum atomic E-state index is 12.2. The third-order valence-electron chi connectivity index (χ3n) is 3.21. The fourth-order valence-electron chi connectivity index (χ4n) is 2.00. The van der Waals surface area contributed by atoms with Gasteiger partial charge >= 0.3 is 0 Å². The smallest absolute Gasteiger partial charge is 0.220 e. The zero-order chi connectivity index (χ0) is 16.8. The minimum absolute atomic E-state index is 0.0447. The summed E-state index contributed by atoms with van der Waals surface area (Å²) in [6.07, 6.45) is 2.86. The van der Waals surface area contributed by atoms with Gasteiger partial charge in [-0.2, -0.15) is 0 Å². The molecule has 5 nitrogen and oxygen atoms in total. The van der Waals surface area contributed by atoms with E-state index in [0.29, 0.717) is 11.5 Å². The summed E-state index contributed by atoms with van der Waals surface area (Å²) in [5, 5.41) is 9.77. The highest BCUT2D eigenvalue weighted by Crippen LogP contribution is 2.28. The van der Waals surface area contributed by atoms with Crippen LogP contribution < -0.4 is 14.9 Å². The van der Waals surface area contributed by atoms with Gasteiger partial charge < -0.3 is 14.6 Å². The van der Waals surface area contributed by atoms with E-state index in [9.17, 15) is 14.7 Å². The van der Waals surface area contributed by atoms with Gasteiger partial charge in [-0.3, -0.25) is 9.59 Å². The third kappa shape index (κ3) is 3.77. The van der Waals surface area contributed by atoms with Crippen molar-refractivity contribution in [3.63, 3.8) is 0 Å². The molecule has 2 rings (SSSR count). The Hall–Kier alpha value is -3.08. The van der Waals surface area contributed by atoms with Crippen LogP contribution in [0.25, 0.3) is 6.08 Å². The number of methoxy groups -OCH3 is 2. The summed E-state index contributed by atoms with van der Waals surface area (Å²) >= 11 is 0. The van der Waals surface area contributed by atoms with E-state index in [1.165, 1.54) is 44.6 Å². The molecule has 0 aliphatic heterocycles. The highest BCUT2D eigenvalue weighted by molar-refractivity contribution is 6.08. The van der Waals surface area contributed by atoms with Gasteiger partial charge in [-0.1, -0.05) is 24.3 Å². The van der Waals surface area contributed by atoms with Gasteiger partial charge in [0.25, 0.3) is 0 Å². The molecule has 0 spiro atoms. The van der Waals surface area contributed by atoms with Crippen LogP contribution in [0.3, 0.4) is 0 Å². The Morgan fingerprint density at radius 2 is 1.74 bits per heavy atom. The number of carbonyl (C=O) groups is 1. The Morgan fingerprint density at radius 1 is 1.04 bits per heavy atom. The first kappa shape index (κ1) is 16.3. The van der Waals surface area contributed by atoms with Crippen LogP contribution >= 0.6 is 0 Å². The Morgan fingerprint density at radius 3 is 2.43 bits per heavy atom. The van der Waals surface area contributed by atoms with Gasteiger partial charge in [-0.25, -0.2) is 0 Å². The lowest BCUT2D eigenvalue weighted by atomic mass is 10.1. The molecular weight excluding hydrogens is 296 g/mol. The molecule has 0 unspecified atom stereocenters. The molecule has 0 atom stereocenters. The van der Waals surface area contributed by atoms with Crippen molar-refractivity contribution in [1.29, 1.82) is 0 Å². The van der Waals surface area contributed by atoms with Crippen molar-refractivity contribution in [3.8, 4) is 17.2 Å². The molecular formula is C18H16O5. The molecule has 0 saturated carbocycles. The average Bonchev–Trinajstić information content (AvgIpc) is 2.74. The lowest BCUT2D eigenvalue weighted by Crippen LogP contribution is -2.01. The van der Waals surface area contributed by atoms with Crippen molar-refractivity contribution in [2.24, 2.45) is 0 Å². The van der Waals surface area contributed by atoms with Crippen molar-refractivity contribution < 1.29 is 19.4 Å². The molecule has 0 radical (unpaired) electrons. The van der Waals surface area contributed by atoms with Crippen LogP contribution in [0, 0.1) is 0 Å². The van der Waals surface area contributed by atoms with E-state index in [4.69, 9.17) is 9.47 Å². The molecule has 0 heterocycles. The molecule has 118 valence electrons. The van der Waals surface area contributed by atoms with Crippen molar-refractivity contribution in [2.75, 3.05) is 14.2 Å². The van der Waals surface area contributed by atoms with Gasteiger partial charge in [0.1, 0.15) is 0 Å². The Kier molecular flexibility index (Phi) is 5.15. The summed E-state index contributed by atoms with van der Waals surface area (Å²) < 4.78 is 10.3. The maximum Gasteiger partial charge on any atom is 0.220 e. The molecule has 0 aliphatic rings. The van der Waals surface area contributed by atoms with Gasteiger partial charge in [-0.05, 0) is 35.9 Å². The van der Waals surface area contributed by atoms with Gasteiger partial charge in [0.15, 0.2) is 23.0 Å². The lowest BCUT2D eigenvalue weighted by molar-refractivity contribution is 0.104. The van der Waals surface area contributed by atoms with Gasteiger partial charge in [0, 0.05) is 0 Å². The molecule has 0 bridgehead atoms. The minimum atomic E-state index is -0.599. The fourth-order valence-corrected chi connectivity index (χ4v) is 2.00. The molecule has 23 heavy (non-hydrogen) atoms. The summed E-state index contributed by atoms with van der Waals surface area (Å²) in [6, 6.07) is 10.8. The number of ether oxygens (including phenoxy) is 2. The summed E-state index contributed by atoms with van der Waals surface area (Å²) in [7, 11) is 3.06. The second-order valence-electron chi connectivity index (χ2n) is 4.66. The van der Waals surface area contributed by atoms with E-state index in [0.717, 1.165) is 5.56 Å². The number of allylic oxidation sites excluding steroid dienone is 1. The first-order valence-corrected chi connectivity index (χ1v) is 6.83. The van der Waals surface area contributed by atoms with Gasteiger partial charge in [-0.15, -0.1) is 0 Å². The third-order valence-corrected chi connectivity index (χ3v) is 3.21. The Labute approximate surface area is 133 Å². The molecule has 2 aromatic carbocycles. The second kappa shape index (κ2) is 7.26. The van der Waals surface area contributed by atoms with E-state index >= 15 is 0 Å². The number of rotatable bonds is 5. The molecule has 0 aromatic heterocycles. The molecule has 2 aromatic rings. The Bertz CT molecular complexity index is 809. The number of aromatic hydroxyl groups is 1. The quantitative estimate of drug-likeness (QED) is 0.679. The van der Waals surface area contributed by atoms with E-state index < -0.39 is 17.0 Å². The van der Waals surface area contributed by atoms with Crippen LogP contribution in [0.5, 0.6) is 17.2 Å². The minimum Gasteiger partial charge on any atom is -0.504 e. The average molecular weight is 312 g/mol. The van der Waals surface area contributed by atoms with Crippen LogP contribution in [0.1, 0.15) is 15.9 Å². The van der Waals surface area contributed by atoms with Crippen molar-refractivity contribution >= 4 is 11.9 Å². The first-order chi connectivity index (χ1) is 11.1. The van der Waals surface area contributed by atoms with Crippen LogP contribution in [-0.4, -0.2) is 25.1 Å². The molecule has 1 N–H and O–H groups in total. The number of ketones is 1. The highest BCUT2D eigenvalue weighted by atomic mass is 16.5. The van der Waals surface area contributed by atoms with Crippen molar-refractivity contribution in [3.05, 3.63) is 69.9 Å². The van der Waals surface area contributed by atoms with Crippen LogP contribution in [0.4, 0.5) is 0 Å².